The summed E-state index contributed by atoms with van der Waals surface area (Å²) in [5.41, 5.74) is 4.47. The molecule has 3 aromatic carbocycles. The van der Waals surface area contributed by atoms with Gasteiger partial charge in [0.15, 0.2) is 0 Å². The van der Waals surface area contributed by atoms with Gasteiger partial charge >= 0.3 is 0 Å². The Labute approximate surface area is 149 Å². The maximum atomic E-state index is 4.63. The van der Waals surface area contributed by atoms with Gasteiger partial charge in [-0.2, -0.15) is 0 Å². The van der Waals surface area contributed by atoms with Crippen molar-refractivity contribution in [2.24, 2.45) is 0 Å². The molecule has 4 aromatic rings. The van der Waals surface area contributed by atoms with Gasteiger partial charge in [0.2, 0.25) is 0 Å². The van der Waals surface area contributed by atoms with E-state index in [-0.39, 0.29) is 20.1 Å². The van der Waals surface area contributed by atoms with Gasteiger partial charge < -0.3 is 4.98 Å². The predicted octanol–water partition coefficient (Wildman–Crippen LogP) is 5.47. The Morgan fingerprint density at radius 2 is 1.65 bits per heavy atom. The molecule has 23 heavy (non-hydrogen) atoms. The second-order valence-corrected chi connectivity index (χ2v) is 5.80. The SMILES string of the molecule is Cc1[c-]c(-c2nccc3c2ccc2ccccc23)cc(C)c1.[Ir]. The zero-order valence-electron chi connectivity index (χ0n) is 13.1. The first-order chi connectivity index (χ1) is 10.7. The molecule has 1 radical (unpaired) electrons. The number of benzene rings is 3. The summed E-state index contributed by atoms with van der Waals surface area (Å²) in [5.74, 6) is 0. The fraction of sp³-hybridized carbons (Fsp3) is 0.0952. The van der Waals surface area contributed by atoms with Crippen molar-refractivity contribution in [3.8, 4) is 11.3 Å². The standard InChI is InChI=1S/C21H16N.Ir/c1-14-11-15(2)13-17(12-14)21-20-8-7-16-5-3-4-6-18(16)19(20)9-10-22-21;/h3-12H,1-2H3;/q-1;. The number of hydrogen-bond donors (Lipinski definition) is 0. The first kappa shape index (κ1) is 15.9. The number of nitrogens with zero attached hydrogens (tertiary/aromatic N) is 1. The van der Waals surface area contributed by atoms with Gasteiger partial charge in [-0.15, -0.1) is 34.9 Å². The summed E-state index contributed by atoms with van der Waals surface area (Å²) in [6.07, 6.45) is 1.90. The molecule has 0 N–H and O–H groups in total. The van der Waals surface area contributed by atoms with E-state index >= 15 is 0 Å². The Hall–Kier alpha value is -2.02. The van der Waals surface area contributed by atoms with Crippen LogP contribution in [0.2, 0.25) is 0 Å². The van der Waals surface area contributed by atoms with Crippen molar-refractivity contribution in [1.29, 1.82) is 0 Å². The molecule has 0 unspecified atom stereocenters. The van der Waals surface area contributed by atoms with Crippen LogP contribution in [0.25, 0.3) is 32.8 Å². The summed E-state index contributed by atoms with van der Waals surface area (Å²) in [5, 5.41) is 4.96. The minimum absolute atomic E-state index is 0. The number of pyridine rings is 1. The monoisotopic (exact) mass is 475 g/mol. The van der Waals surface area contributed by atoms with Crippen LogP contribution in [0.15, 0.2) is 60.8 Å². The smallest absolute Gasteiger partial charge is 0.0167 e. The quantitative estimate of drug-likeness (QED) is 0.263. The fourth-order valence-corrected chi connectivity index (χ4v) is 3.18. The van der Waals surface area contributed by atoms with Gasteiger partial charge in [0.1, 0.15) is 0 Å². The molecule has 1 nitrogen and oxygen atoms in total. The van der Waals surface area contributed by atoms with Crippen molar-refractivity contribution in [2.45, 2.75) is 13.8 Å². The largest absolute Gasteiger partial charge is 0.304 e. The van der Waals surface area contributed by atoms with Crippen LogP contribution in [0, 0.1) is 19.9 Å². The van der Waals surface area contributed by atoms with Crippen LogP contribution in [-0.4, -0.2) is 4.98 Å². The molecule has 0 aliphatic carbocycles. The molecule has 0 saturated carbocycles. The normalized spacial score (nSPS) is 10.7. The molecule has 115 valence electrons. The van der Waals surface area contributed by atoms with Gasteiger partial charge in [-0.05, 0) is 33.3 Å². The van der Waals surface area contributed by atoms with E-state index < -0.39 is 0 Å². The van der Waals surface area contributed by atoms with Gasteiger partial charge in [0.25, 0.3) is 0 Å². The van der Waals surface area contributed by atoms with Crippen molar-refractivity contribution >= 4 is 21.5 Å². The van der Waals surface area contributed by atoms with Gasteiger partial charge in [-0.25, -0.2) is 0 Å². The topological polar surface area (TPSA) is 12.9 Å². The van der Waals surface area contributed by atoms with E-state index in [0.29, 0.717) is 0 Å². The van der Waals surface area contributed by atoms with Crippen molar-refractivity contribution in [3.05, 3.63) is 78.0 Å². The zero-order chi connectivity index (χ0) is 15.1. The third kappa shape index (κ3) is 2.81. The maximum Gasteiger partial charge on any atom is 0.0167 e. The third-order valence-corrected chi connectivity index (χ3v) is 4.07. The number of rotatable bonds is 1. The number of aromatic nitrogens is 1. The van der Waals surface area contributed by atoms with Crippen molar-refractivity contribution in [1.82, 2.24) is 4.98 Å². The van der Waals surface area contributed by atoms with Gasteiger partial charge in [-0.3, -0.25) is 0 Å². The average molecular weight is 475 g/mol. The molecule has 1 heterocycles. The molecule has 0 atom stereocenters. The molecule has 1 aromatic heterocycles. The number of aryl methyl sites for hydroxylation is 2. The Morgan fingerprint density at radius 1 is 0.826 bits per heavy atom. The van der Waals surface area contributed by atoms with E-state index in [1.807, 2.05) is 6.20 Å². The average Bonchev–Trinajstić information content (AvgIpc) is 2.53. The van der Waals surface area contributed by atoms with Gasteiger partial charge in [0, 0.05) is 26.3 Å². The molecule has 0 bridgehead atoms. The van der Waals surface area contributed by atoms with E-state index in [1.165, 1.54) is 27.1 Å². The van der Waals surface area contributed by atoms with Gasteiger partial charge in [-0.1, -0.05) is 50.2 Å². The summed E-state index contributed by atoms with van der Waals surface area (Å²) >= 11 is 0. The second kappa shape index (κ2) is 6.23. The Bertz CT molecular complexity index is 985. The molecule has 2 heteroatoms. The third-order valence-electron chi connectivity index (χ3n) is 4.07. The second-order valence-electron chi connectivity index (χ2n) is 5.80. The Morgan fingerprint density at radius 3 is 2.48 bits per heavy atom. The first-order valence-corrected chi connectivity index (χ1v) is 7.50. The van der Waals surface area contributed by atoms with Crippen molar-refractivity contribution < 1.29 is 20.1 Å². The summed E-state index contributed by atoms with van der Waals surface area (Å²) in [6.45, 7) is 4.20. The van der Waals surface area contributed by atoms with Crippen LogP contribution >= 0.6 is 0 Å². The minimum atomic E-state index is 0. The van der Waals surface area contributed by atoms with E-state index in [1.54, 1.807) is 0 Å². The molecular formula is C21H16IrN-. The van der Waals surface area contributed by atoms with E-state index in [2.05, 4.69) is 79.5 Å². The summed E-state index contributed by atoms with van der Waals surface area (Å²) in [6, 6.07) is 22.7. The van der Waals surface area contributed by atoms with Gasteiger partial charge in [0.05, 0.1) is 0 Å². The van der Waals surface area contributed by atoms with Crippen LogP contribution in [-0.2, 0) is 20.1 Å². The van der Waals surface area contributed by atoms with Crippen LogP contribution in [0.1, 0.15) is 11.1 Å². The zero-order valence-corrected chi connectivity index (χ0v) is 15.4. The fourth-order valence-electron chi connectivity index (χ4n) is 3.18. The summed E-state index contributed by atoms with van der Waals surface area (Å²) in [4.78, 5) is 4.63. The molecule has 0 aliphatic heterocycles. The summed E-state index contributed by atoms with van der Waals surface area (Å²) < 4.78 is 0. The van der Waals surface area contributed by atoms with Crippen LogP contribution < -0.4 is 0 Å². The molecule has 4 rings (SSSR count). The maximum absolute atomic E-state index is 4.63. The van der Waals surface area contributed by atoms with Crippen LogP contribution in [0.4, 0.5) is 0 Å². The van der Waals surface area contributed by atoms with E-state index in [9.17, 15) is 0 Å². The molecule has 0 aliphatic rings. The number of fused-ring (bicyclic) bond motifs is 3. The van der Waals surface area contributed by atoms with E-state index in [0.717, 1.165) is 16.8 Å². The Balaban J connectivity index is 0.00000156. The summed E-state index contributed by atoms with van der Waals surface area (Å²) in [7, 11) is 0. The molecule has 0 spiro atoms. The predicted molar refractivity (Wildman–Crippen MR) is 93.0 cm³/mol. The van der Waals surface area contributed by atoms with E-state index in [4.69, 9.17) is 0 Å². The minimum Gasteiger partial charge on any atom is -0.304 e. The molecule has 0 saturated heterocycles. The number of hydrogen-bond acceptors (Lipinski definition) is 1. The van der Waals surface area contributed by atoms with Crippen LogP contribution in [0.3, 0.4) is 0 Å². The first-order valence-electron chi connectivity index (χ1n) is 7.50. The molecular weight excluding hydrogens is 458 g/mol. The molecule has 0 amide bonds. The van der Waals surface area contributed by atoms with Crippen molar-refractivity contribution in [3.63, 3.8) is 0 Å². The molecule has 0 fully saturated rings. The van der Waals surface area contributed by atoms with Crippen LogP contribution in [0.5, 0.6) is 0 Å². The Kier molecular flexibility index (Phi) is 4.30. The van der Waals surface area contributed by atoms with Crippen molar-refractivity contribution in [2.75, 3.05) is 0 Å².